The molecule has 0 radical (unpaired) electrons. The Morgan fingerprint density at radius 3 is 2.35 bits per heavy atom. The highest BCUT2D eigenvalue weighted by atomic mass is 15.2. The summed E-state index contributed by atoms with van der Waals surface area (Å²) in [7, 11) is 0. The standard InChI is InChI=1S/C17H17N3/c1-13-8-6-7-11-16(13)19-17-18-14(2)12-20(17)15-9-4-3-5-10-15/h3-12H,1-2H3,(H,18,19). The minimum absolute atomic E-state index is 0.836. The van der Waals surface area contributed by atoms with Gasteiger partial charge in [-0.3, -0.25) is 4.57 Å². The molecule has 0 saturated heterocycles. The van der Waals surface area contributed by atoms with Gasteiger partial charge in [0.1, 0.15) is 0 Å². The van der Waals surface area contributed by atoms with Crippen LogP contribution in [0.4, 0.5) is 11.6 Å². The van der Waals surface area contributed by atoms with Crippen LogP contribution in [0.2, 0.25) is 0 Å². The van der Waals surface area contributed by atoms with Crippen molar-refractivity contribution in [2.75, 3.05) is 5.32 Å². The predicted octanol–water partition coefficient (Wildman–Crippen LogP) is 4.23. The Morgan fingerprint density at radius 2 is 1.60 bits per heavy atom. The molecule has 100 valence electrons. The molecule has 3 aromatic rings. The molecule has 3 rings (SSSR count). The number of para-hydroxylation sites is 2. The Labute approximate surface area is 118 Å². The van der Waals surface area contributed by atoms with Crippen molar-refractivity contribution in [1.29, 1.82) is 0 Å². The van der Waals surface area contributed by atoms with Crippen LogP contribution in [0.25, 0.3) is 5.69 Å². The maximum atomic E-state index is 4.58. The van der Waals surface area contributed by atoms with Crippen molar-refractivity contribution in [2.24, 2.45) is 0 Å². The van der Waals surface area contributed by atoms with Crippen LogP contribution in [-0.2, 0) is 0 Å². The molecule has 0 saturated carbocycles. The fraction of sp³-hybridized carbons (Fsp3) is 0.118. The number of imidazole rings is 1. The Morgan fingerprint density at radius 1 is 0.900 bits per heavy atom. The zero-order valence-electron chi connectivity index (χ0n) is 11.7. The van der Waals surface area contributed by atoms with Gasteiger partial charge in [0.2, 0.25) is 5.95 Å². The molecule has 0 atom stereocenters. The van der Waals surface area contributed by atoms with Crippen molar-refractivity contribution in [3.63, 3.8) is 0 Å². The monoisotopic (exact) mass is 263 g/mol. The van der Waals surface area contributed by atoms with E-state index in [-0.39, 0.29) is 0 Å². The van der Waals surface area contributed by atoms with Crippen molar-refractivity contribution in [3.8, 4) is 5.69 Å². The van der Waals surface area contributed by atoms with Gasteiger partial charge in [-0.15, -0.1) is 0 Å². The van der Waals surface area contributed by atoms with Crippen LogP contribution in [-0.4, -0.2) is 9.55 Å². The second kappa shape index (κ2) is 5.21. The van der Waals surface area contributed by atoms with Crippen LogP contribution in [0.1, 0.15) is 11.3 Å². The average molecular weight is 263 g/mol. The average Bonchev–Trinajstić information content (AvgIpc) is 2.83. The highest BCUT2D eigenvalue weighted by Gasteiger charge is 2.08. The van der Waals surface area contributed by atoms with Gasteiger partial charge >= 0.3 is 0 Å². The summed E-state index contributed by atoms with van der Waals surface area (Å²) in [5.74, 6) is 0.836. The summed E-state index contributed by atoms with van der Waals surface area (Å²) in [4.78, 5) is 4.58. The van der Waals surface area contributed by atoms with Crippen molar-refractivity contribution in [1.82, 2.24) is 9.55 Å². The lowest BCUT2D eigenvalue weighted by Crippen LogP contribution is -2.01. The first-order valence-corrected chi connectivity index (χ1v) is 6.68. The maximum absolute atomic E-state index is 4.58. The third-order valence-electron chi connectivity index (χ3n) is 3.25. The second-order valence-electron chi connectivity index (χ2n) is 4.85. The van der Waals surface area contributed by atoms with Crippen LogP contribution in [0.5, 0.6) is 0 Å². The van der Waals surface area contributed by atoms with E-state index in [0.29, 0.717) is 0 Å². The van der Waals surface area contributed by atoms with Gasteiger partial charge in [-0.25, -0.2) is 4.98 Å². The number of nitrogens with one attached hydrogen (secondary N) is 1. The van der Waals surface area contributed by atoms with Crippen LogP contribution in [0.15, 0.2) is 60.8 Å². The summed E-state index contributed by atoms with van der Waals surface area (Å²) in [6.07, 6.45) is 2.04. The fourth-order valence-corrected chi connectivity index (χ4v) is 2.20. The maximum Gasteiger partial charge on any atom is 0.212 e. The normalized spacial score (nSPS) is 10.5. The first kappa shape index (κ1) is 12.5. The lowest BCUT2D eigenvalue weighted by molar-refractivity contribution is 1.06. The van der Waals surface area contributed by atoms with Gasteiger partial charge in [0.25, 0.3) is 0 Å². The van der Waals surface area contributed by atoms with Crippen LogP contribution in [0.3, 0.4) is 0 Å². The molecule has 0 spiro atoms. The number of aryl methyl sites for hydroxylation is 2. The predicted molar refractivity (Wildman–Crippen MR) is 82.8 cm³/mol. The van der Waals surface area contributed by atoms with Gasteiger partial charge in [-0.1, -0.05) is 36.4 Å². The van der Waals surface area contributed by atoms with E-state index in [2.05, 4.69) is 46.1 Å². The molecule has 0 fully saturated rings. The van der Waals surface area contributed by atoms with E-state index in [1.807, 2.05) is 43.5 Å². The molecule has 3 heteroatoms. The SMILES string of the molecule is Cc1cn(-c2ccccc2)c(Nc2ccccc2C)n1. The first-order chi connectivity index (χ1) is 9.74. The summed E-state index contributed by atoms with van der Waals surface area (Å²) < 4.78 is 2.07. The van der Waals surface area contributed by atoms with Crippen molar-refractivity contribution in [2.45, 2.75) is 13.8 Å². The van der Waals surface area contributed by atoms with Crippen molar-refractivity contribution >= 4 is 11.6 Å². The number of benzene rings is 2. The van der Waals surface area contributed by atoms with E-state index in [1.54, 1.807) is 0 Å². The summed E-state index contributed by atoms with van der Waals surface area (Å²) >= 11 is 0. The Kier molecular flexibility index (Phi) is 3.25. The van der Waals surface area contributed by atoms with Gasteiger partial charge < -0.3 is 5.32 Å². The van der Waals surface area contributed by atoms with Crippen LogP contribution >= 0.6 is 0 Å². The lowest BCUT2D eigenvalue weighted by atomic mass is 10.2. The van der Waals surface area contributed by atoms with E-state index in [1.165, 1.54) is 5.56 Å². The molecule has 1 aromatic heterocycles. The zero-order chi connectivity index (χ0) is 13.9. The molecular formula is C17H17N3. The number of aromatic nitrogens is 2. The lowest BCUT2D eigenvalue weighted by Gasteiger charge is -2.11. The molecule has 0 aliphatic rings. The van der Waals surface area contributed by atoms with Crippen molar-refractivity contribution in [3.05, 3.63) is 72.1 Å². The minimum Gasteiger partial charge on any atom is -0.325 e. The summed E-state index contributed by atoms with van der Waals surface area (Å²) in [6.45, 7) is 4.09. The smallest absolute Gasteiger partial charge is 0.212 e. The van der Waals surface area contributed by atoms with Gasteiger partial charge in [0.05, 0.1) is 5.69 Å². The fourth-order valence-electron chi connectivity index (χ4n) is 2.20. The Balaban J connectivity index is 2.01. The molecule has 0 bridgehead atoms. The summed E-state index contributed by atoms with van der Waals surface area (Å²) in [5, 5.41) is 3.41. The third-order valence-corrected chi connectivity index (χ3v) is 3.25. The van der Waals surface area contributed by atoms with Crippen LogP contribution < -0.4 is 5.32 Å². The van der Waals surface area contributed by atoms with Gasteiger partial charge in [0, 0.05) is 17.6 Å². The number of rotatable bonds is 3. The molecule has 2 aromatic carbocycles. The molecule has 0 amide bonds. The Bertz CT molecular complexity index is 714. The number of anilines is 2. The van der Waals surface area contributed by atoms with E-state index >= 15 is 0 Å². The Hall–Kier alpha value is -2.55. The highest BCUT2D eigenvalue weighted by Crippen LogP contribution is 2.22. The number of nitrogens with zero attached hydrogens (tertiary/aromatic N) is 2. The topological polar surface area (TPSA) is 29.9 Å². The molecule has 20 heavy (non-hydrogen) atoms. The molecular weight excluding hydrogens is 246 g/mol. The quantitative estimate of drug-likeness (QED) is 0.766. The molecule has 0 aliphatic carbocycles. The zero-order valence-corrected chi connectivity index (χ0v) is 11.7. The second-order valence-corrected chi connectivity index (χ2v) is 4.85. The minimum atomic E-state index is 0.836. The van der Waals surface area contributed by atoms with Gasteiger partial charge in [-0.2, -0.15) is 0 Å². The highest BCUT2D eigenvalue weighted by molar-refractivity contribution is 5.60. The number of hydrogen-bond donors (Lipinski definition) is 1. The van der Waals surface area contributed by atoms with E-state index in [4.69, 9.17) is 0 Å². The van der Waals surface area contributed by atoms with Gasteiger partial charge in [-0.05, 0) is 37.6 Å². The van der Waals surface area contributed by atoms with E-state index in [0.717, 1.165) is 23.0 Å². The molecule has 0 aliphatic heterocycles. The third kappa shape index (κ3) is 2.43. The molecule has 1 N–H and O–H groups in total. The molecule has 1 heterocycles. The number of hydrogen-bond acceptors (Lipinski definition) is 2. The largest absolute Gasteiger partial charge is 0.325 e. The molecule has 3 nitrogen and oxygen atoms in total. The van der Waals surface area contributed by atoms with Crippen molar-refractivity contribution < 1.29 is 0 Å². The van der Waals surface area contributed by atoms with Gasteiger partial charge in [0.15, 0.2) is 0 Å². The first-order valence-electron chi connectivity index (χ1n) is 6.68. The summed E-state index contributed by atoms with van der Waals surface area (Å²) in [6, 6.07) is 18.4. The summed E-state index contributed by atoms with van der Waals surface area (Å²) in [5.41, 5.74) is 4.37. The van der Waals surface area contributed by atoms with Crippen LogP contribution in [0, 0.1) is 13.8 Å². The molecule has 0 unspecified atom stereocenters. The van der Waals surface area contributed by atoms with E-state index < -0.39 is 0 Å². The van der Waals surface area contributed by atoms with E-state index in [9.17, 15) is 0 Å².